The molecule has 0 aromatic heterocycles. The fourth-order valence-electron chi connectivity index (χ4n) is 4.80. The molecule has 2 saturated heterocycles. The van der Waals surface area contributed by atoms with Crippen LogP contribution in [0.15, 0.2) is 54.6 Å². The van der Waals surface area contributed by atoms with Gasteiger partial charge in [-0.25, -0.2) is 0 Å². The van der Waals surface area contributed by atoms with E-state index in [2.05, 4.69) is 12.1 Å². The van der Waals surface area contributed by atoms with Crippen LogP contribution in [0.2, 0.25) is 0 Å². The molecule has 0 unspecified atom stereocenters. The van der Waals surface area contributed by atoms with Crippen molar-refractivity contribution in [3.05, 3.63) is 71.3 Å². The van der Waals surface area contributed by atoms with Crippen molar-refractivity contribution in [2.24, 2.45) is 5.41 Å². The van der Waals surface area contributed by atoms with Crippen LogP contribution >= 0.6 is 0 Å². The number of carbonyl (C=O) groups excluding carboxylic acids is 2. The maximum Gasteiger partial charge on any atom is 0.253 e. The second kappa shape index (κ2) is 7.42. The number of nitrogens with zero attached hydrogens (tertiary/aromatic N) is 2. The Hall–Kier alpha value is -2.62. The van der Waals surface area contributed by atoms with Crippen LogP contribution in [0.3, 0.4) is 0 Å². The Labute approximate surface area is 167 Å². The van der Waals surface area contributed by atoms with Crippen LogP contribution < -0.4 is 0 Å². The number of likely N-dealkylation sites (N-methyl/N-ethyl adjacent to an activating group) is 1. The zero-order chi connectivity index (χ0) is 19.7. The Morgan fingerprint density at radius 3 is 2.29 bits per heavy atom. The lowest BCUT2D eigenvalue weighted by Crippen LogP contribution is -2.53. The van der Waals surface area contributed by atoms with E-state index in [0.717, 1.165) is 55.6 Å². The van der Waals surface area contributed by atoms with E-state index < -0.39 is 0 Å². The topological polar surface area (TPSA) is 40.6 Å². The molecule has 0 saturated carbocycles. The monoisotopic (exact) mass is 376 g/mol. The van der Waals surface area contributed by atoms with Gasteiger partial charge >= 0.3 is 0 Å². The first-order chi connectivity index (χ1) is 13.5. The summed E-state index contributed by atoms with van der Waals surface area (Å²) >= 11 is 0. The molecule has 28 heavy (non-hydrogen) atoms. The molecular weight excluding hydrogens is 348 g/mol. The van der Waals surface area contributed by atoms with Gasteiger partial charge in [-0.3, -0.25) is 9.59 Å². The second-order valence-corrected chi connectivity index (χ2v) is 8.52. The highest BCUT2D eigenvalue weighted by Gasteiger charge is 2.45. The quantitative estimate of drug-likeness (QED) is 0.798. The fraction of sp³-hybridized carbons (Fsp3) is 0.417. The summed E-state index contributed by atoms with van der Waals surface area (Å²) in [7, 11) is 1.92. The van der Waals surface area contributed by atoms with E-state index in [1.165, 1.54) is 0 Å². The van der Waals surface area contributed by atoms with Crippen molar-refractivity contribution in [1.82, 2.24) is 9.80 Å². The number of benzene rings is 2. The third kappa shape index (κ3) is 3.56. The third-order valence-corrected chi connectivity index (χ3v) is 6.50. The summed E-state index contributed by atoms with van der Waals surface area (Å²) in [6.45, 7) is 4.34. The van der Waals surface area contributed by atoms with Crippen LogP contribution in [0.25, 0.3) is 0 Å². The summed E-state index contributed by atoms with van der Waals surface area (Å²) in [6.07, 6.45) is 2.78. The van der Waals surface area contributed by atoms with Gasteiger partial charge in [-0.15, -0.1) is 0 Å². The molecule has 0 N–H and O–H groups in total. The summed E-state index contributed by atoms with van der Waals surface area (Å²) in [5.41, 5.74) is 3.14. The SMILES string of the molecule is Cc1ccc(C(=O)N2CCC3(CC2)C[C@H](c2ccccc2)C(=O)N(C)C3)cc1. The Kier molecular flexibility index (Phi) is 4.96. The number of hydrogen-bond acceptors (Lipinski definition) is 2. The molecule has 4 heteroatoms. The van der Waals surface area contributed by atoms with Crippen LogP contribution in [0.5, 0.6) is 0 Å². The molecule has 0 radical (unpaired) electrons. The molecule has 1 spiro atoms. The molecule has 4 nitrogen and oxygen atoms in total. The number of amides is 2. The zero-order valence-electron chi connectivity index (χ0n) is 16.7. The van der Waals surface area contributed by atoms with Gasteiger partial charge in [0.2, 0.25) is 5.91 Å². The summed E-state index contributed by atoms with van der Waals surface area (Å²) in [6, 6.07) is 17.9. The average molecular weight is 377 g/mol. The Balaban J connectivity index is 1.47. The minimum atomic E-state index is -0.0701. The summed E-state index contributed by atoms with van der Waals surface area (Å²) in [4.78, 5) is 29.5. The number of likely N-dealkylation sites (tertiary alicyclic amines) is 2. The van der Waals surface area contributed by atoms with Crippen molar-refractivity contribution in [3.8, 4) is 0 Å². The van der Waals surface area contributed by atoms with Crippen molar-refractivity contribution in [1.29, 1.82) is 0 Å². The molecule has 1 atom stereocenters. The maximum atomic E-state index is 12.8. The molecule has 2 amide bonds. The smallest absolute Gasteiger partial charge is 0.253 e. The minimum absolute atomic E-state index is 0.0701. The van der Waals surface area contributed by atoms with Gasteiger partial charge in [-0.1, -0.05) is 48.0 Å². The lowest BCUT2D eigenvalue weighted by Gasteiger charge is -2.49. The summed E-state index contributed by atoms with van der Waals surface area (Å²) in [5, 5.41) is 0. The van der Waals surface area contributed by atoms with Gasteiger partial charge in [-0.2, -0.15) is 0 Å². The molecule has 0 bridgehead atoms. The van der Waals surface area contributed by atoms with Crippen molar-refractivity contribution < 1.29 is 9.59 Å². The number of aryl methyl sites for hydroxylation is 1. The van der Waals surface area contributed by atoms with Crippen molar-refractivity contribution in [2.45, 2.75) is 32.1 Å². The second-order valence-electron chi connectivity index (χ2n) is 8.52. The predicted molar refractivity (Wildman–Crippen MR) is 110 cm³/mol. The average Bonchev–Trinajstić information content (AvgIpc) is 2.72. The van der Waals surface area contributed by atoms with E-state index in [-0.39, 0.29) is 23.1 Å². The molecule has 2 aliphatic heterocycles. The molecular formula is C24H28N2O2. The van der Waals surface area contributed by atoms with E-state index in [9.17, 15) is 9.59 Å². The fourth-order valence-corrected chi connectivity index (χ4v) is 4.80. The van der Waals surface area contributed by atoms with E-state index >= 15 is 0 Å². The first kappa shape index (κ1) is 18.7. The van der Waals surface area contributed by atoms with Crippen molar-refractivity contribution in [3.63, 3.8) is 0 Å². The van der Waals surface area contributed by atoms with E-state index in [1.807, 2.05) is 66.2 Å². The van der Waals surface area contributed by atoms with Crippen LogP contribution in [0, 0.1) is 12.3 Å². The predicted octanol–water partition coefficient (Wildman–Crippen LogP) is 3.86. The van der Waals surface area contributed by atoms with Gasteiger partial charge in [0.15, 0.2) is 0 Å². The van der Waals surface area contributed by atoms with E-state index in [4.69, 9.17) is 0 Å². The van der Waals surface area contributed by atoms with Crippen LogP contribution in [0.1, 0.15) is 46.7 Å². The van der Waals surface area contributed by atoms with E-state index in [1.54, 1.807) is 0 Å². The Bertz CT molecular complexity index is 852. The molecule has 2 fully saturated rings. The van der Waals surface area contributed by atoms with Crippen LogP contribution in [0.4, 0.5) is 0 Å². The van der Waals surface area contributed by atoms with Gasteiger partial charge in [0.25, 0.3) is 5.91 Å². The van der Waals surface area contributed by atoms with Crippen molar-refractivity contribution in [2.75, 3.05) is 26.7 Å². The molecule has 2 heterocycles. The highest BCUT2D eigenvalue weighted by molar-refractivity contribution is 5.94. The first-order valence-electron chi connectivity index (χ1n) is 10.1. The number of hydrogen-bond donors (Lipinski definition) is 0. The summed E-state index contributed by atoms with van der Waals surface area (Å²) < 4.78 is 0. The lowest BCUT2D eigenvalue weighted by atomic mass is 9.67. The highest BCUT2D eigenvalue weighted by atomic mass is 16.2. The Morgan fingerprint density at radius 2 is 1.64 bits per heavy atom. The molecule has 146 valence electrons. The van der Waals surface area contributed by atoms with Gasteiger partial charge in [0.05, 0.1) is 5.92 Å². The van der Waals surface area contributed by atoms with Gasteiger partial charge in [0, 0.05) is 32.2 Å². The molecule has 2 aromatic carbocycles. The largest absolute Gasteiger partial charge is 0.345 e. The number of carbonyl (C=O) groups is 2. The highest BCUT2D eigenvalue weighted by Crippen LogP contribution is 2.45. The maximum absolute atomic E-state index is 12.8. The molecule has 2 aliphatic rings. The normalized spacial score (nSPS) is 21.8. The van der Waals surface area contributed by atoms with Gasteiger partial charge in [0.1, 0.15) is 0 Å². The Morgan fingerprint density at radius 1 is 1.00 bits per heavy atom. The molecule has 0 aliphatic carbocycles. The zero-order valence-corrected chi connectivity index (χ0v) is 16.7. The van der Waals surface area contributed by atoms with Crippen LogP contribution in [-0.4, -0.2) is 48.3 Å². The van der Waals surface area contributed by atoms with Crippen LogP contribution in [-0.2, 0) is 4.79 Å². The number of rotatable bonds is 2. The summed E-state index contributed by atoms with van der Waals surface area (Å²) in [5.74, 6) is 0.268. The minimum Gasteiger partial charge on any atom is -0.345 e. The lowest BCUT2D eigenvalue weighted by molar-refractivity contribution is -0.139. The van der Waals surface area contributed by atoms with E-state index in [0.29, 0.717) is 0 Å². The third-order valence-electron chi connectivity index (χ3n) is 6.50. The first-order valence-corrected chi connectivity index (χ1v) is 10.1. The standard InChI is InChI=1S/C24H28N2O2/c1-18-8-10-20(11-9-18)22(27)26-14-12-24(13-15-26)16-21(23(28)25(2)17-24)19-6-4-3-5-7-19/h3-11,21H,12-17H2,1-2H3/t21-/m1/s1. The molecule has 2 aromatic rings. The van der Waals surface area contributed by atoms with Gasteiger partial charge in [-0.05, 0) is 49.3 Å². The number of piperidine rings is 2. The van der Waals surface area contributed by atoms with Gasteiger partial charge < -0.3 is 9.80 Å². The van der Waals surface area contributed by atoms with Crippen molar-refractivity contribution >= 4 is 11.8 Å². The molecule has 4 rings (SSSR count).